The van der Waals surface area contributed by atoms with Gasteiger partial charge in [-0.05, 0) is 43.2 Å². The van der Waals surface area contributed by atoms with Gasteiger partial charge in [0, 0.05) is 32.0 Å². The molecule has 0 radical (unpaired) electrons. The minimum absolute atomic E-state index is 0.0520. The molecule has 2 amide bonds. The number of ether oxygens (including phenoxy) is 1. The molecule has 2 aliphatic rings. The summed E-state index contributed by atoms with van der Waals surface area (Å²) in [7, 11) is 0. The summed E-state index contributed by atoms with van der Waals surface area (Å²) in [6, 6.07) is 7.45. The van der Waals surface area contributed by atoms with Crippen molar-refractivity contribution < 1.29 is 14.3 Å². The topological polar surface area (TPSA) is 76.5 Å². The summed E-state index contributed by atoms with van der Waals surface area (Å²) in [5, 5.41) is 3.16. The number of amides is 2. The Labute approximate surface area is 177 Å². The van der Waals surface area contributed by atoms with Crippen LogP contribution in [-0.4, -0.2) is 52.5 Å². The van der Waals surface area contributed by atoms with Crippen LogP contribution in [0.3, 0.4) is 0 Å². The van der Waals surface area contributed by atoms with Crippen LogP contribution >= 0.6 is 0 Å². The number of piperidine rings is 1. The lowest BCUT2D eigenvalue weighted by Gasteiger charge is -2.42. The Morgan fingerprint density at radius 3 is 2.77 bits per heavy atom. The molecule has 7 heteroatoms. The summed E-state index contributed by atoms with van der Waals surface area (Å²) in [4.78, 5) is 31.4. The number of benzene rings is 1. The third-order valence-corrected chi connectivity index (χ3v) is 6.42. The summed E-state index contributed by atoms with van der Waals surface area (Å²) in [5.74, 6) is 0.708. The number of rotatable bonds is 2. The lowest BCUT2D eigenvalue weighted by Crippen LogP contribution is -2.48. The van der Waals surface area contributed by atoms with Crippen LogP contribution in [0.4, 0.5) is 0 Å². The molecule has 7 nitrogen and oxygen atoms in total. The molecule has 160 valence electrons. The molecule has 3 heterocycles. The van der Waals surface area contributed by atoms with Crippen molar-refractivity contribution in [1.29, 1.82) is 0 Å². The van der Waals surface area contributed by atoms with Crippen LogP contribution in [0.1, 0.15) is 48.9 Å². The summed E-state index contributed by atoms with van der Waals surface area (Å²) < 4.78 is 7.65. The Bertz CT molecular complexity index is 857. The van der Waals surface area contributed by atoms with Crippen molar-refractivity contribution in [3.8, 4) is 5.75 Å². The van der Waals surface area contributed by atoms with Gasteiger partial charge < -0.3 is 19.5 Å². The average molecular weight is 411 g/mol. The zero-order valence-corrected chi connectivity index (χ0v) is 17.4. The normalized spacial score (nSPS) is 19.7. The van der Waals surface area contributed by atoms with E-state index < -0.39 is 0 Å². The SMILES string of the molecule is O=C1NCC2(CCCCCOc3ccccc31)CCN(C(=O)Cn1ccnc1)CC2. The van der Waals surface area contributed by atoms with Crippen LogP contribution in [0.5, 0.6) is 5.75 Å². The van der Waals surface area contributed by atoms with Gasteiger partial charge in [0.2, 0.25) is 5.91 Å². The van der Waals surface area contributed by atoms with E-state index in [1.165, 1.54) is 0 Å². The number of carbonyl (C=O) groups excluding carboxylic acids is 2. The Kier molecular flexibility index (Phi) is 6.35. The minimum atomic E-state index is -0.0795. The first-order valence-electron chi connectivity index (χ1n) is 10.9. The minimum Gasteiger partial charge on any atom is -0.493 e. The van der Waals surface area contributed by atoms with E-state index in [-0.39, 0.29) is 17.2 Å². The van der Waals surface area contributed by atoms with Crippen molar-refractivity contribution in [3.63, 3.8) is 0 Å². The summed E-state index contributed by atoms with van der Waals surface area (Å²) in [6.07, 6.45) is 11.3. The predicted molar refractivity (Wildman–Crippen MR) is 113 cm³/mol. The van der Waals surface area contributed by atoms with Crippen molar-refractivity contribution in [2.24, 2.45) is 5.41 Å². The third-order valence-electron chi connectivity index (χ3n) is 6.42. The van der Waals surface area contributed by atoms with Crippen molar-refractivity contribution in [2.45, 2.75) is 45.1 Å². The molecule has 0 aliphatic carbocycles. The molecule has 1 fully saturated rings. The van der Waals surface area contributed by atoms with Gasteiger partial charge in [-0.25, -0.2) is 4.98 Å². The van der Waals surface area contributed by atoms with Crippen molar-refractivity contribution >= 4 is 11.8 Å². The molecule has 1 spiro atoms. The highest BCUT2D eigenvalue weighted by molar-refractivity contribution is 5.96. The van der Waals surface area contributed by atoms with Gasteiger partial charge in [-0.15, -0.1) is 0 Å². The van der Waals surface area contributed by atoms with Gasteiger partial charge >= 0.3 is 0 Å². The van der Waals surface area contributed by atoms with Gasteiger partial charge in [-0.3, -0.25) is 9.59 Å². The lowest BCUT2D eigenvalue weighted by molar-refractivity contribution is -0.134. The molecular weight excluding hydrogens is 380 g/mol. The van der Waals surface area contributed by atoms with E-state index in [9.17, 15) is 9.59 Å². The number of fused-ring (bicyclic) bond motifs is 1. The molecule has 30 heavy (non-hydrogen) atoms. The number of hydrogen-bond acceptors (Lipinski definition) is 4. The van der Waals surface area contributed by atoms with E-state index in [0.29, 0.717) is 31.0 Å². The van der Waals surface area contributed by atoms with Gasteiger partial charge in [0.25, 0.3) is 5.91 Å². The zero-order chi connectivity index (χ0) is 20.8. The highest BCUT2D eigenvalue weighted by Gasteiger charge is 2.36. The lowest BCUT2D eigenvalue weighted by atomic mass is 9.74. The molecule has 0 atom stereocenters. The van der Waals surface area contributed by atoms with Gasteiger partial charge in [0.1, 0.15) is 12.3 Å². The number of likely N-dealkylation sites (tertiary alicyclic amines) is 1. The van der Waals surface area contributed by atoms with E-state index in [2.05, 4.69) is 10.3 Å². The number of para-hydroxylation sites is 1. The second-order valence-corrected chi connectivity index (χ2v) is 8.45. The fraction of sp³-hybridized carbons (Fsp3) is 0.522. The summed E-state index contributed by atoms with van der Waals surface area (Å²) >= 11 is 0. The molecule has 1 aromatic carbocycles. The Hall–Kier alpha value is -2.83. The Morgan fingerprint density at radius 2 is 1.97 bits per heavy atom. The van der Waals surface area contributed by atoms with E-state index in [1.54, 1.807) is 12.5 Å². The maximum absolute atomic E-state index is 12.8. The average Bonchev–Trinajstić information content (AvgIpc) is 3.27. The zero-order valence-electron chi connectivity index (χ0n) is 17.4. The van der Waals surface area contributed by atoms with Crippen molar-refractivity contribution in [3.05, 3.63) is 48.5 Å². The molecule has 1 saturated heterocycles. The fourth-order valence-electron chi connectivity index (χ4n) is 4.49. The van der Waals surface area contributed by atoms with E-state index in [0.717, 1.165) is 51.6 Å². The molecule has 0 unspecified atom stereocenters. The first-order valence-corrected chi connectivity index (χ1v) is 10.9. The van der Waals surface area contributed by atoms with Gasteiger partial charge in [0.15, 0.2) is 0 Å². The first kappa shape index (κ1) is 20.4. The largest absolute Gasteiger partial charge is 0.493 e. The van der Waals surface area contributed by atoms with Crippen molar-refractivity contribution in [1.82, 2.24) is 19.8 Å². The molecule has 0 bridgehead atoms. The van der Waals surface area contributed by atoms with Crippen LogP contribution in [-0.2, 0) is 11.3 Å². The molecule has 2 aliphatic heterocycles. The standard InChI is InChI=1S/C23H30N4O3/c28-21(16-26-14-11-24-18-26)27-12-9-23(10-13-27)8-4-1-5-15-30-20-7-3-2-6-19(20)22(29)25-17-23/h2-3,6-7,11,14,18H,1,4-5,8-10,12-13,15-17H2,(H,25,29). The van der Waals surface area contributed by atoms with E-state index in [1.807, 2.05) is 39.9 Å². The maximum atomic E-state index is 12.8. The third kappa shape index (κ3) is 4.83. The number of nitrogens with one attached hydrogen (secondary N) is 1. The van der Waals surface area contributed by atoms with Crippen LogP contribution < -0.4 is 10.1 Å². The highest BCUT2D eigenvalue weighted by Crippen LogP contribution is 2.37. The number of hydrogen-bond donors (Lipinski definition) is 1. The van der Waals surface area contributed by atoms with Gasteiger partial charge in [0.05, 0.1) is 18.5 Å². The quantitative estimate of drug-likeness (QED) is 0.826. The fourth-order valence-corrected chi connectivity index (χ4v) is 4.49. The molecule has 1 N–H and O–H groups in total. The number of imidazole rings is 1. The van der Waals surface area contributed by atoms with E-state index >= 15 is 0 Å². The Balaban J connectivity index is 1.41. The van der Waals surface area contributed by atoms with Crippen LogP contribution in [0.25, 0.3) is 0 Å². The highest BCUT2D eigenvalue weighted by atomic mass is 16.5. The summed E-state index contributed by atoms with van der Waals surface area (Å²) in [5.41, 5.74) is 0.650. The van der Waals surface area contributed by atoms with Gasteiger partial charge in [-0.1, -0.05) is 25.0 Å². The number of aromatic nitrogens is 2. The number of carbonyl (C=O) groups is 2. The van der Waals surface area contributed by atoms with Crippen molar-refractivity contribution in [2.75, 3.05) is 26.2 Å². The smallest absolute Gasteiger partial charge is 0.255 e. The Morgan fingerprint density at radius 1 is 1.13 bits per heavy atom. The van der Waals surface area contributed by atoms with E-state index in [4.69, 9.17) is 4.74 Å². The predicted octanol–water partition coefficient (Wildman–Crippen LogP) is 2.87. The monoisotopic (exact) mass is 410 g/mol. The molecule has 1 aromatic heterocycles. The first-order chi connectivity index (χ1) is 14.7. The molecular formula is C23H30N4O3. The van der Waals surface area contributed by atoms with Crippen LogP contribution in [0.15, 0.2) is 43.0 Å². The van der Waals surface area contributed by atoms with Crippen LogP contribution in [0.2, 0.25) is 0 Å². The van der Waals surface area contributed by atoms with Crippen LogP contribution in [0, 0.1) is 5.41 Å². The van der Waals surface area contributed by atoms with Gasteiger partial charge in [-0.2, -0.15) is 0 Å². The second kappa shape index (κ2) is 9.32. The molecule has 2 aromatic rings. The maximum Gasteiger partial charge on any atom is 0.255 e. The molecule has 4 rings (SSSR count). The number of nitrogens with zero attached hydrogens (tertiary/aromatic N) is 3. The summed E-state index contributed by atoms with van der Waals surface area (Å²) in [6.45, 7) is 3.09. The molecule has 0 saturated carbocycles. The second-order valence-electron chi connectivity index (χ2n) is 8.45.